The summed E-state index contributed by atoms with van der Waals surface area (Å²) in [6.07, 6.45) is 0.902. The zero-order valence-electron chi connectivity index (χ0n) is 18.9. The van der Waals surface area contributed by atoms with Crippen molar-refractivity contribution in [1.82, 2.24) is 4.31 Å². The average Bonchev–Trinajstić information content (AvgIpc) is 2.83. The number of hydrogen-bond acceptors (Lipinski definition) is 4. The molecule has 1 saturated heterocycles. The van der Waals surface area contributed by atoms with Crippen LogP contribution < -0.4 is 10.1 Å². The van der Waals surface area contributed by atoms with E-state index in [0.717, 1.165) is 5.56 Å². The third-order valence-electron chi connectivity index (χ3n) is 5.88. The summed E-state index contributed by atoms with van der Waals surface area (Å²) in [6, 6.07) is 20.0. The number of amides is 1. The summed E-state index contributed by atoms with van der Waals surface area (Å²) in [5.41, 5.74) is 2.30. The summed E-state index contributed by atoms with van der Waals surface area (Å²) >= 11 is 0. The molecule has 8 heteroatoms. The Morgan fingerprint density at radius 2 is 1.74 bits per heavy atom. The maximum absolute atomic E-state index is 13.3. The maximum atomic E-state index is 13.3. The largest absolute Gasteiger partial charge is 0.489 e. The molecule has 1 fully saturated rings. The first-order chi connectivity index (χ1) is 16.3. The van der Waals surface area contributed by atoms with Crippen LogP contribution in [0.2, 0.25) is 0 Å². The van der Waals surface area contributed by atoms with E-state index in [1.165, 1.54) is 16.4 Å². The van der Waals surface area contributed by atoms with Crippen LogP contribution in [0.25, 0.3) is 0 Å². The normalized spacial score (nSPS) is 15.1. The molecule has 1 N–H and O–H groups in total. The first-order valence-electron chi connectivity index (χ1n) is 11.2. The summed E-state index contributed by atoms with van der Waals surface area (Å²) in [6.45, 7) is 2.71. The van der Waals surface area contributed by atoms with Gasteiger partial charge in [-0.15, -0.1) is 0 Å². The Hall–Kier alpha value is -3.23. The minimum absolute atomic E-state index is 0.144. The maximum Gasteiger partial charge on any atom is 0.243 e. The number of nitrogens with one attached hydrogen (secondary N) is 1. The number of rotatable bonds is 7. The van der Waals surface area contributed by atoms with Crippen LogP contribution in [0.1, 0.15) is 24.0 Å². The fourth-order valence-electron chi connectivity index (χ4n) is 3.92. The van der Waals surface area contributed by atoms with E-state index in [2.05, 4.69) is 5.32 Å². The minimum Gasteiger partial charge on any atom is -0.489 e. The van der Waals surface area contributed by atoms with Crippen LogP contribution in [0.4, 0.5) is 10.1 Å². The van der Waals surface area contributed by atoms with Crippen LogP contribution >= 0.6 is 0 Å². The first kappa shape index (κ1) is 23.9. The minimum atomic E-state index is -3.56. The second kappa shape index (κ2) is 10.4. The van der Waals surface area contributed by atoms with Crippen LogP contribution in [-0.2, 0) is 21.4 Å². The van der Waals surface area contributed by atoms with Crippen LogP contribution in [0.3, 0.4) is 0 Å². The molecule has 1 amide bonds. The van der Waals surface area contributed by atoms with E-state index in [1.807, 2.05) is 6.92 Å². The molecule has 6 nitrogen and oxygen atoms in total. The van der Waals surface area contributed by atoms with Crippen molar-refractivity contribution < 1.29 is 22.3 Å². The molecule has 0 aromatic heterocycles. The van der Waals surface area contributed by atoms with Gasteiger partial charge in [0.25, 0.3) is 0 Å². The molecule has 3 aromatic carbocycles. The number of nitrogens with zero attached hydrogens (tertiary/aromatic N) is 1. The van der Waals surface area contributed by atoms with Crippen LogP contribution in [0, 0.1) is 18.7 Å². The first-order valence-corrected chi connectivity index (χ1v) is 12.6. The molecule has 3 aromatic rings. The van der Waals surface area contributed by atoms with E-state index in [9.17, 15) is 17.6 Å². The third-order valence-corrected chi connectivity index (χ3v) is 7.79. The lowest BCUT2D eigenvalue weighted by Crippen LogP contribution is -2.41. The highest BCUT2D eigenvalue weighted by Crippen LogP contribution is 2.26. The fourth-order valence-corrected chi connectivity index (χ4v) is 5.39. The molecule has 34 heavy (non-hydrogen) atoms. The van der Waals surface area contributed by atoms with E-state index in [0.29, 0.717) is 42.9 Å². The summed E-state index contributed by atoms with van der Waals surface area (Å²) in [5, 5.41) is 2.90. The second-order valence-electron chi connectivity index (χ2n) is 8.43. The summed E-state index contributed by atoms with van der Waals surface area (Å²) in [5.74, 6) is -0.183. The molecule has 1 aliphatic rings. The lowest BCUT2D eigenvalue weighted by atomic mass is 9.97. The van der Waals surface area contributed by atoms with Crippen molar-refractivity contribution in [2.75, 3.05) is 18.4 Å². The quantitative estimate of drug-likeness (QED) is 0.527. The van der Waals surface area contributed by atoms with Gasteiger partial charge in [0.05, 0.1) is 4.90 Å². The molecular formula is C26H27FN2O4S. The number of aryl methyl sites for hydroxylation is 1. The van der Waals surface area contributed by atoms with Crippen molar-refractivity contribution in [2.24, 2.45) is 5.92 Å². The number of carbonyl (C=O) groups is 1. The zero-order chi connectivity index (χ0) is 24.1. The van der Waals surface area contributed by atoms with Crippen molar-refractivity contribution in [3.05, 3.63) is 89.7 Å². The van der Waals surface area contributed by atoms with Crippen LogP contribution in [0.15, 0.2) is 77.7 Å². The topological polar surface area (TPSA) is 75.7 Å². The molecule has 0 spiro atoms. The van der Waals surface area contributed by atoms with Gasteiger partial charge in [-0.2, -0.15) is 4.31 Å². The van der Waals surface area contributed by atoms with E-state index in [4.69, 9.17) is 4.74 Å². The number of anilines is 1. The molecule has 1 aliphatic heterocycles. The van der Waals surface area contributed by atoms with Crippen molar-refractivity contribution in [1.29, 1.82) is 0 Å². The highest BCUT2D eigenvalue weighted by Gasteiger charge is 2.32. The Morgan fingerprint density at radius 1 is 1.03 bits per heavy atom. The van der Waals surface area contributed by atoms with Crippen molar-refractivity contribution >= 4 is 21.6 Å². The molecule has 0 unspecified atom stereocenters. The van der Waals surface area contributed by atoms with Gasteiger partial charge in [-0.3, -0.25) is 4.79 Å². The molecule has 0 saturated carbocycles. The van der Waals surface area contributed by atoms with Gasteiger partial charge in [0.2, 0.25) is 15.9 Å². The van der Waals surface area contributed by atoms with Crippen molar-refractivity contribution in [2.45, 2.75) is 31.3 Å². The highest BCUT2D eigenvalue weighted by molar-refractivity contribution is 7.89. The monoisotopic (exact) mass is 482 g/mol. The highest BCUT2D eigenvalue weighted by atomic mass is 32.2. The summed E-state index contributed by atoms with van der Waals surface area (Å²) < 4.78 is 46.3. The Balaban J connectivity index is 1.31. The second-order valence-corrected chi connectivity index (χ2v) is 10.4. The standard InChI is InChI=1S/C26H27FN2O4S/c1-19-8-10-25(11-9-19)34(31,32)29-14-12-21(13-15-29)26(30)28-23-6-3-7-24(17-23)33-18-20-4-2-5-22(27)16-20/h2-11,16-17,21H,12-15,18H2,1H3,(H,28,30). The number of sulfonamides is 1. The predicted molar refractivity (Wildman–Crippen MR) is 128 cm³/mol. The lowest BCUT2D eigenvalue weighted by molar-refractivity contribution is -0.120. The molecule has 1 heterocycles. The number of ether oxygens (including phenoxy) is 1. The molecule has 178 valence electrons. The summed E-state index contributed by atoms with van der Waals surface area (Å²) in [7, 11) is -3.56. The Kier molecular flexibility index (Phi) is 7.29. The van der Waals surface area contributed by atoms with Gasteiger partial charge in [0.15, 0.2) is 0 Å². The van der Waals surface area contributed by atoms with Gasteiger partial charge >= 0.3 is 0 Å². The molecule has 4 rings (SSSR count). The molecule has 0 aliphatic carbocycles. The fraction of sp³-hybridized carbons (Fsp3) is 0.269. The average molecular weight is 483 g/mol. The molecular weight excluding hydrogens is 455 g/mol. The van der Waals surface area contributed by atoms with Crippen molar-refractivity contribution in [3.63, 3.8) is 0 Å². The summed E-state index contributed by atoms with van der Waals surface area (Å²) in [4.78, 5) is 13.1. The van der Waals surface area contributed by atoms with E-state index in [1.54, 1.807) is 60.7 Å². The molecule has 0 radical (unpaired) electrons. The number of hydrogen-bond donors (Lipinski definition) is 1. The van der Waals surface area contributed by atoms with E-state index < -0.39 is 10.0 Å². The van der Waals surface area contributed by atoms with Crippen LogP contribution in [-0.4, -0.2) is 31.7 Å². The van der Waals surface area contributed by atoms with E-state index in [-0.39, 0.29) is 29.1 Å². The predicted octanol–water partition coefficient (Wildman–Crippen LogP) is 4.75. The lowest BCUT2D eigenvalue weighted by Gasteiger charge is -2.30. The Labute approximate surface area is 199 Å². The van der Waals surface area contributed by atoms with Gasteiger partial charge in [-0.25, -0.2) is 12.8 Å². The Bertz CT molecular complexity index is 1250. The van der Waals surface area contributed by atoms with Gasteiger partial charge in [0.1, 0.15) is 18.2 Å². The van der Waals surface area contributed by atoms with Gasteiger partial charge < -0.3 is 10.1 Å². The number of carbonyl (C=O) groups excluding carboxylic acids is 1. The van der Waals surface area contributed by atoms with Crippen LogP contribution in [0.5, 0.6) is 5.75 Å². The molecule has 0 bridgehead atoms. The Morgan fingerprint density at radius 3 is 2.44 bits per heavy atom. The SMILES string of the molecule is Cc1ccc(S(=O)(=O)N2CCC(C(=O)Nc3cccc(OCc4cccc(F)c4)c3)CC2)cc1. The third kappa shape index (κ3) is 5.81. The number of piperidine rings is 1. The molecule has 0 atom stereocenters. The van der Waals surface area contributed by atoms with E-state index >= 15 is 0 Å². The number of halogens is 1. The number of benzene rings is 3. The van der Waals surface area contributed by atoms with Crippen molar-refractivity contribution in [3.8, 4) is 5.75 Å². The smallest absolute Gasteiger partial charge is 0.243 e. The van der Waals surface area contributed by atoms with Gasteiger partial charge in [0, 0.05) is 30.8 Å². The zero-order valence-corrected chi connectivity index (χ0v) is 19.7. The van der Waals surface area contributed by atoms with Gasteiger partial charge in [-0.05, 0) is 61.7 Å². The van der Waals surface area contributed by atoms with Gasteiger partial charge in [-0.1, -0.05) is 35.9 Å².